The molecule has 1 N–H and O–H groups in total. The summed E-state index contributed by atoms with van der Waals surface area (Å²) in [5.74, 6) is 0.454. The van der Waals surface area contributed by atoms with Gasteiger partial charge in [0, 0.05) is 23.2 Å². The number of anilines is 1. The highest BCUT2D eigenvalue weighted by molar-refractivity contribution is 7.16. The van der Waals surface area contributed by atoms with E-state index in [0.717, 1.165) is 20.5 Å². The van der Waals surface area contributed by atoms with Crippen molar-refractivity contribution in [2.24, 2.45) is 0 Å². The Kier molecular flexibility index (Phi) is 5.40. The number of hydrogen-bond donors (Lipinski definition) is 1. The molecule has 0 saturated carbocycles. The van der Waals surface area contributed by atoms with E-state index >= 15 is 0 Å². The fourth-order valence-electron chi connectivity index (χ4n) is 2.97. The van der Waals surface area contributed by atoms with Crippen LogP contribution in [-0.2, 0) is 16.1 Å². The van der Waals surface area contributed by atoms with Crippen molar-refractivity contribution in [3.63, 3.8) is 0 Å². The molecule has 8 heteroatoms. The van der Waals surface area contributed by atoms with E-state index in [9.17, 15) is 9.59 Å². The molecule has 0 aliphatic carbocycles. The summed E-state index contributed by atoms with van der Waals surface area (Å²) in [6.45, 7) is 2.80. The Morgan fingerprint density at radius 3 is 2.96 bits per heavy atom. The number of fused-ring (bicyclic) bond motifs is 1. The van der Waals surface area contributed by atoms with Crippen molar-refractivity contribution < 1.29 is 14.3 Å². The highest BCUT2D eigenvalue weighted by Gasteiger charge is 2.25. The summed E-state index contributed by atoms with van der Waals surface area (Å²) in [7, 11) is 0. The Labute approximate surface area is 170 Å². The monoisotopic (exact) mass is 413 g/mol. The molecule has 6 nitrogen and oxygen atoms in total. The van der Waals surface area contributed by atoms with Crippen LogP contribution in [0.1, 0.15) is 16.3 Å². The van der Waals surface area contributed by atoms with Gasteiger partial charge in [-0.15, -0.1) is 22.7 Å². The van der Waals surface area contributed by atoms with Gasteiger partial charge in [-0.3, -0.25) is 9.59 Å². The van der Waals surface area contributed by atoms with Crippen LogP contribution >= 0.6 is 22.7 Å². The molecule has 1 aliphatic rings. The molecule has 3 heterocycles. The van der Waals surface area contributed by atoms with E-state index in [4.69, 9.17) is 4.74 Å². The molecule has 2 amide bonds. The SMILES string of the molecule is Cc1nc(-c2ccc(CNC(=O)CCN3C(=O)COc4ccccc43)s2)cs1. The Morgan fingerprint density at radius 1 is 1.29 bits per heavy atom. The average molecular weight is 414 g/mol. The van der Waals surface area contributed by atoms with Gasteiger partial charge >= 0.3 is 0 Å². The summed E-state index contributed by atoms with van der Waals surface area (Å²) in [5, 5.41) is 6.01. The molecular formula is C20H19N3O3S2. The standard InChI is InChI=1S/C20H19N3O3S2/c1-13-22-15(12-27-13)18-7-6-14(28-18)10-21-19(24)8-9-23-16-4-2-3-5-17(16)26-11-20(23)25/h2-7,12H,8-11H2,1H3,(H,21,24). The first-order valence-corrected chi connectivity index (χ1v) is 10.6. The highest BCUT2D eigenvalue weighted by Crippen LogP contribution is 2.31. The normalized spacial score (nSPS) is 13.2. The second-order valence-electron chi connectivity index (χ2n) is 6.35. The first-order valence-electron chi connectivity index (χ1n) is 8.90. The lowest BCUT2D eigenvalue weighted by Crippen LogP contribution is -2.41. The zero-order chi connectivity index (χ0) is 19.5. The van der Waals surface area contributed by atoms with Crippen LogP contribution in [0.5, 0.6) is 5.75 Å². The van der Waals surface area contributed by atoms with E-state index in [0.29, 0.717) is 24.5 Å². The van der Waals surface area contributed by atoms with Crippen molar-refractivity contribution in [3.05, 3.63) is 51.7 Å². The molecule has 0 saturated heterocycles. The number of para-hydroxylation sites is 2. The fourth-order valence-corrected chi connectivity index (χ4v) is 4.57. The van der Waals surface area contributed by atoms with E-state index < -0.39 is 0 Å². The summed E-state index contributed by atoms with van der Waals surface area (Å²) in [4.78, 5) is 32.7. The van der Waals surface area contributed by atoms with E-state index in [1.54, 1.807) is 27.6 Å². The summed E-state index contributed by atoms with van der Waals surface area (Å²) < 4.78 is 5.42. The van der Waals surface area contributed by atoms with Crippen molar-refractivity contribution in [1.82, 2.24) is 10.3 Å². The van der Waals surface area contributed by atoms with Gasteiger partial charge in [0.1, 0.15) is 5.75 Å². The first-order chi connectivity index (χ1) is 13.6. The second-order valence-corrected chi connectivity index (χ2v) is 8.58. The number of nitrogens with zero attached hydrogens (tertiary/aromatic N) is 2. The predicted octanol–water partition coefficient (Wildman–Crippen LogP) is 3.61. The van der Waals surface area contributed by atoms with Crippen molar-refractivity contribution >= 4 is 40.2 Å². The lowest BCUT2D eigenvalue weighted by molar-refractivity contribution is -0.122. The zero-order valence-corrected chi connectivity index (χ0v) is 16.9. The third-order valence-electron chi connectivity index (χ3n) is 4.36. The molecule has 2 aromatic heterocycles. The van der Waals surface area contributed by atoms with E-state index in [1.807, 2.05) is 48.7 Å². The zero-order valence-electron chi connectivity index (χ0n) is 15.3. The van der Waals surface area contributed by atoms with Crippen LogP contribution in [-0.4, -0.2) is 29.9 Å². The molecule has 1 aliphatic heterocycles. The predicted molar refractivity (Wildman–Crippen MR) is 111 cm³/mol. The number of thiophene rings is 1. The molecule has 0 unspecified atom stereocenters. The van der Waals surface area contributed by atoms with Gasteiger partial charge in [-0.1, -0.05) is 12.1 Å². The van der Waals surface area contributed by atoms with Gasteiger partial charge < -0.3 is 15.0 Å². The van der Waals surface area contributed by atoms with Crippen molar-refractivity contribution in [1.29, 1.82) is 0 Å². The number of aryl methyl sites for hydroxylation is 1. The average Bonchev–Trinajstić information content (AvgIpc) is 3.34. The maximum atomic E-state index is 12.3. The Morgan fingerprint density at radius 2 is 2.14 bits per heavy atom. The van der Waals surface area contributed by atoms with Gasteiger partial charge in [-0.2, -0.15) is 0 Å². The number of rotatable bonds is 6. The molecule has 28 heavy (non-hydrogen) atoms. The minimum absolute atomic E-state index is 0.00664. The van der Waals surface area contributed by atoms with E-state index in [1.165, 1.54) is 0 Å². The first kappa shape index (κ1) is 18.6. The van der Waals surface area contributed by atoms with E-state index in [2.05, 4.69) is 10.3 Å². The van der Waals surface area contributed by atoms with Crippen LogP contribution in [0.4, 0.5) is 5.69 Å². The summed E-state index contributed by atoms with van der Waals surface area (Å²) in [6.07, 6.45) is 0.240. The van der Waals surface area contributed by atoms with Crippen LogP contribution in [0.2, 0.25) is 0 Å². The third kappa shape index (κ3) is 4.07. The topological polar surface area (TPSA) is 71.5 Å². The van der Waals surface area contributed by atoms with Gasteiger partial charge in [0.2, 0.25) is 5.91 Å². The number of amides is 2. The van der Waals surface area contributed by atoms with Gasteiger partial charge in [-0.25, -0.2) is 4.98 Å². The minimum Gasteiger partial charge on any atom is -0.482 e. The molecule has 0 atom stereocenters. The number of thiazole rings is 1. The van der Waals surface area contributed by atoms with E-state index in [-0.39, 0.29) is 24.8 Å². The lowest BCUT2D eigenvalue weighted by Gasteiger charge is -2.29. The second kappa shape index (κ2) is 8.12. The Bertz CT molecular complexity index is 1010. The number of benzene rings is 1. The number of hydrogen-bond acceptors (Lipinski definition) is 6. The molecular weight excluding hydrogens is 394 g/mol. The number of carbonyl (C=O) groups excluding carboxylic acids is 2. The summed E-state index contributed by atoms with van der Waals surface area (Å²) >= 11 is 3.25. The van der Waals surface area contributed by atoms with Gasteiger partial charge in [0.15, 0.2) is 6.61 Å². The van der Waals surface area contributed by atoms with Crippen LogP contribution in [0.3, 0.4) is 0 Å². The number of aromatic nitrogens is 1. The van der Waals surface area contributed by atoms with Gasteiger partial charge in [-0.05, 0) is 31.2 Å². The fraction of sp³-hybridized carbons (Fsp3) is 0.250. The molecule has 3 aromatic rings. The van der Waals surface area contributed by atoms with Crippen molar-refractivity contribution in [2.75, 3.05) is 18.1 Å². The number of carbonyl (C=O) groups is 2. The maximum Gasteiger partial charge on any atom is 0.265 e. The molecule has 144 valence electrons. The molecule has 0 radical (unpaired) electrons. The van der Waals surface area contributed by atoms with Crippen LogP contribution in [0.15, 0.2) is 41.8 Å². The van der Waals surface area contributed by atoms with Gasteiger partial charge in [0.05, 0.1) is 27.8 Å². The molecule has 1 aromatic carbocycles. The quantitative estimate of drug-likeness (QED) is 0.670. The largest absolute Gasteiger partial charge is 0.482 e. The van der Waals surface area contributed by atoms with Crippen molar-refractivity contribution in [3.8, 4) is 16.3 Å². The van der Waals surface area contributed by atoms with Crippen LogP contribution in [0, 0.1) is 6.92 Å². The number of nitrogens with one attached hydrogen (secondary N) is 1. The third-order valence-corrected chi connectivity index (χ3v) is 6.24. The maximum absolute atomic E-state index is 12.3. The minimum atomic E-state index is -0.132. The van der Waals surface area contributed by atoms with Crippen LogP contribution in [0.25, 0.3) is 10.6 Å². The summed E-state index contributed by atoms with van der Waals surface area (Å²) in [6, 6.07) is 11.4. The molecule has 0 fully saturated rings. The Balaban J connectivity index is 1.31. The smallest absolute Gasteiger partial charge is 0.265 e. The van der Waals surface area contributed by atoms with Crippen molar-refractivity contribution in [2.45, 2.75) is 19.9 Å². The molecule has 0 bridgehead atoms. The van der Waals surface area contributed by atoms with Gasteiger partial charge in [0.25, 0.3) is 5.91 Å². The highest BCUT2D eigenvalue weighted by atomic mass is 32.1. The Hall–Kier alpha value is -2.71. The van der Waals surface area contributed by atoms with Crippen LogP contribution < -0.4 is 15.0 Å². The molecule has 0 spiro atoms. The summed E-state index contributed by atoms with van der Waals surface area (Å²) in [5.41, 5.74) is 1.70. The lowest BCUT2D eigenvalue weighted by atomic mass is 10.2. The number of ether oxygens (including phenoxy) is 1. The molecule has 4 rings (SSSR count).